The van der Waals surface area contributed by atoms with Gasteiger partial charge in [-0.1, -0.05) is 18.2 Å². The highest BCUT2D eigenvalue weighted by molar-refractivity contribution is 5.42. The number of fused-ring (bicyclic) bond motifs is 1. The molecule has 4 nitrogen and oxygen atoms in total. The first-order valence-electron chi connectivity index (χ1n) is 6.64. The Morgan fingerprint density at radius 3 is 2.95 bits per heavy atom. The summed E-state index contributed by atoms with van der Waals surface area (Å²) >= 11 is 0. The molecule has 0 spiro atoms. The van der Waals surface area contributed by atoms with Crippen LogP contribution < -0.4 is 10.3 Å². The zero-order valence-corrected chi connectivity index (χ0v) is 10.4. The highest BCUT2D eigenvalue weighted by atomic mass is 16.5. The lowest BCUT2D eigenvalue weighted by atomic mass is 10.0. The van der Waals surface area contributed by atoms with E-state index in [0.717, 1.165) is 35.7 Å². The Morgan fingerprint density at radius 1 is 1.26 bits per heavy atom. The number of rotatable bonds is 2. The third kappa shape index (κ3) is 1.84. The predicted octanol–water partition coefficient (Wildman–Crippen LogP) is 2.17. The molecule has 96 valence electrons. The van der Waals surface area contributed by atoms with Gasteiger partial charge in [-0.05, 0) is 18.9 Å². The highest BCUT2D eigenvalue weighted by Gasteiger charge is 2.30. The average Bonchev–Trinajstić information content (AvgIpc) is 3.18. The number of H-pyrrole nitrogens is 1. The lowest BCUT2D eigenvalue weighted by Gasteiger charge is -2.09. The van der Waals surface area contributed by atoms with E-state index < -0.39 is 0 Å². The summed E-state index contributed by atoms with van der Waals surface area (Å²) in [5.74, 6) is 2.16. The van der Waals surface area contributed by atoms with Crippen LogP contribution in [-0.4, -0.2) is 16.6 Å². The van der Waals surface area contributed by atoms with Crippen molar-refractivity contribution in [2.45, 2.75) is 24.7 Å². The van der Waals surface area contributed by atoms with Gasteiger partial charge in [0, 0.05) is 17.5 Å². The van der Waals surface area contributed by atoms with Crippen molar-refractivity contribution in [1.29, 1.82) is 0 Å². The Morgan fingerprint density at radius 2 is 2.11 bits per heavy atom. The second-order valence-corrected chi connectivity index (χ2v) is 5.23. The van der Waals surface area contributed by atoms with Crippen molar-refractivity contribution in [3.63, 3.8) is 0 Å². The molecule has 1 fully saturated rings. The summed E-state index contributed by atoms with van der Waals surface area (Å²) in [5, 5.41) is 0. The summed E-state index contributed by atoms with van der Waals surface area (Å²) in [6.45, 7) is 0.552. The number of ether oxygens (including phenoxy) is 1. The molecule has 19 heavy (non-hydrogen) atoms. The van der Waals surface area contributed by atoms with Gasteiger partial charge in [0.1, 0.15) is 18.2 Å². The van der Waals surface area contributed by atoms with Crippen molar-refractivity contribution in [3.05, 3.63) is 57.8 Å². The van der Waals surface area contributed by atoms with Gasteiger partial charge >= 0.3 is 0 Å². The summed E-state index contributed by atoms with van der Waals surface area (Å²) in [4.78, 5) is 19.3. The average molecular weight is 254 g/mol. The Labute approximate surface area is 110 Å². The molecule has 1 aromatic heterocycles. The Hall–Kier alpha value is -2.10. The molecular weight excluding hydrogens is 240 g/mol. The minimum atomic E-state index is -0.0590. The molecule has 0 amide bonds. The van der Waals surface area contributed by atoms with Gasteiger partial charge in [-0.15, -0.1) is 0 Å². The third-order valence-electron chi connectivity index (χ3n) is 3.81. The molecule has 1 N–H and O–H groups in total. The van der Waals surface area contributed by atoms with E-state index in [2.05, 4.69) is 9.97 Å². The molecule has 4 heteroatoms. The van der Waals surface area contributed by atoms with Crippen LogP contribution in [0, 0.1) is 0 Å². The molecule has 4 rings (SSSR count). The molecule has 1 atom stereocenters. The van der Waals surface area contributed by atoms with Gasteiger partial charge in [0.2, 0.25) is 0 Å². The molecule has 1 aliphatic carbocycles. The molecule has 2 aromatic rings. The fourth-order valence-corrected chi connectivity index (χ4v) is 2.64. The van der Waals surface area contributed by atoms with Crippen molar-refractivity contribution in [2.75, 3.05) is 6.61 Å². The number of nitrogens with one attached hydrogen (secondary N) is 1. The maximum absolute atomic E-state index is 11.8. The quantitative estimate of drug-likeness (QED) is 0.893. The van der Waals surface area contributed by atoms with Gasteiger partial charge in [-0.25, -0.2) is 4.98 Å². The first-order chi connectivity index (χ1) is 9.31. The lowest BCUT2D eigenvalue weighted by molar-refractivity contribution is 0.339. The molecule has 0 saturated heterocycles. The normalized spacial score (nSPS) is 20.9. The van der Waals surface area contributed by atoms with Crippen molar-refractivity contribution in [3.8, 4) is 5.75 Å². The van der Waals surface area contributed by atoms with Crippen LogP contribution in [0.5, 0.6) is 5.75 Å². The molecular formula is C15H14N2O2. The number of para-hydroxylation sites is 1. The second-order valence-electron chi connectivity index (χ2n) is 5.23. The van der Waals surface area contributed by atoms with E-state index in [-0.39, 0.29) is 11.5 Å². The summed E-state index contributed by atoms with van der Waals surface area (Å²) in [7, 11) is 0. The zero-order valence-electron chi connectivity index (χ0n) is 10.4. The Bertz CT molecular complexity index is 689. The molecule has 1 saturated carbocycles. The monoisotopic (exact) mass is 254 g/mol. The van der Waals surface area contributed by atoms with E-state index in [4.69, 9.17) is 4.74 Å². The van der Waals surface area contributed by atoms with Crippen LogP contribution in [0.1, 0.15) is 41.8 Å². The number of nitrogens with zero attached hydrogens (tertiary/aromatic N) is 1. The maximum atomic E-state index is 11.8. The van der Waals surface area contributed by atoms with Gasteiger partial charge < -0.3 is 9.72 Å². The fourth-order valence-electron chi connectivity index (χ4n) is 2.64. The predicted molar refractivity (Wildman–Crippen MR) is 70.6 cm³/mol. The minimum absolute atomic E-state index is 0.0441. The first kappa shape index (κ1) is 10.8. The molecule has 2 aliphatic rings. The van der Waals surface area contributed by atoms with Crippen molar-refractivity contribution >= 4 is 0 Å². The highest BCUT2D eigenvalue weighted by Crippen LogP contribution is 2.40. The van der Waals surface area contributed by atoms with Gasteiger partial charge in [0.25, 0.3) is 5.56 Å². The second kappa shape index (κ2) is 3.95. The van der Waals surface area contributed by atoms with E-state index in [0.29, 0.717) is 12.5 Å². The molecule has 0 bridgehead atoms. The van der Waals surface area contributed by atoms with Crippen molar-refractivity contribution in [1.82, 2.24) is 9.97 Å². The van der Waals surface area contributed by atoms with E-state index in [1.54, 1.807) is 6.07 Å². The van der Waals surface area contributed by atoms with Gasteiger partial charge in [0.05, 0.1) is 11.6 Å². The first-order valence-corrected chi connectivity index (χ1v) is 6.64. The van der Waals surface area contributed by atoms with Crippen LogP contribution in [0.25, 0.3) is 0 Å². The Balaban J connectivity index is 1.79. The number of hydrogen-bond donors (Lipinski definition) is 1. The molecule has 1 aromatic carbocycles. The topological polar surface area (TPSA) is 55.0 Å². The number of aromatic nitrogens is 2. The van der Waals surface area contributed by atoms with Crippen LogP contribution >= 0.6 is 0 Å². The molecule has 1 unspecified atom stereocenters. The molecule has 0 radical (unpaired) electrons. The molecule has 1 aliphatic heterocycles. The number of aromatic amines is 1. The summed E-state index contributed by atoms with van der Waals surface area (Å²) in [6.07, 6.45) is 2.29. The standard InChI is InChI=1S/C15H14N2O2/c18-14-7-12(9-5-6-9)16-15(17-14)11-8-19-13-4-2-1-3-10(11)13/h1-4,7,9,11H,5-6,8H2,(H,16,17,18). The molecule has 2 heterocycles. The van der Waals surface area contributed by atoms with E-state index in [1.165, 1.54) is 0 Å². The largest absolute Gasteiger partial charge is 0.492 e. The smallest absolute Gasteiger partial charge is 0.251 e. The van der Waals surface area contributed by atoms with Crippen molar-refractivity contribution < 1.29 is 4.74 Å². The summed E-state index contributed by atoms with van der Waals surface area (Å²) < 4.78 is 5.66. The van der Waals surface area contributed by atoms with Crippen LogP contribution in [0.4, 0.5) is 0 Å². The third-order valence-corrected chi connectivity index (χ3v) is 3.81. The van der Waals surface area contributed by atoms with Gasteiger partial charge in [-0.3, -0.25) is 4.79 Å². The SMILES string of the molecule is O=c1cc(C2CC2)nc(C2COc3ccccc32)[nH]1. The van der Waals surface area contributed by atoms with Gasteiger partial charge in [0.15, 0.2) is 0 Å². The zero-order chi connectivity index (χ0) is 12.8. The van der Waals surface area contributed by atoms with Crippen LogP contribution in [0.15, 0.2) is 35.1 Å². The van der Waals surface area contributed by atoms with Crippen LogP contribution in [-0.2, 0) is 0 Å². The summed E-state index contributed by atoms with van der Waals surface area (Å²) in [6, 6.07) is 9.57. The van der Waals surface area contributed by atoms with Crippen LogP contribution in [0.2, 0.25) is 0 Å². The number of hydrogen-bond acceptors (Lipinski definition) is 3. The van der Waals surface area contributed by atoms with E-state index in [1.807, 2.05) is 24.3 Å². The lowest BCUT2D eigenvalue weighted by Crippen LogP contribution is -2.17. The maximum Gasteiger partial charge on any atom is 0.251 e. The van der Waals surface area contributed by atoms with Crippen LogP contribution in [0.3, 0.4) is 0 Å². The number of benzene rings is 1. The van der Waals surface area contributed by atoms with Gasteiger partial charge in [-0.2, -0.15) is 0 Å². The Kier molecular flexibility index (Phi) is 2.24. The minimum Gasteiger partial charge on any atom is -0.492 e. The fraction of sp³-hybridized carbons (Fsp3) is 0.333. The van der Waals surface area contributed by atoms with E-state index >= 15 is 0 Å². The van der Waals surface area contributed by atoms with Crippen molar-refractivity contribution in [2.24, 2.45) is 0 Å². The summed E-state index contributed by atoms with van der Waals surface area (Å²) in [5.41, 5.74) is 1.98. The van der Waals surface area contributed by atoms with E-state index in [9.17, 15) is 4.79 Å².